The molecule has 1 aliphatic rings. The number of pyridine rings is 1. The Hall–Kier alpha value is -2.65. The maximum atomic E-state index is 12.2. The Balaban J connectivity index is 0.000000252. The highest BCUT2D eigenvalue weighted by molar-refractivity contribution is 7.96. The van der Waals surface area contributed by atoms with E-state index in [4.69, 9.17) is 0 Å². The van der Waals surface area contributed by atoms with Gasteiger partial charge in [-0.3, -0.25) is 9.52 Å². The topological polar surface area (TPSA) is 61.7 Å². The Bertz CT molecular complexity index is 921. The molecule has 3 heterocycles. The summed E-state index contributed by atoms with van der Waals surface area (Å²) in [5.41, 5.74) is 2.60. The van der Waals surface area contributed by atoms with E-state index in [1.807, 2.05) is 19.2 Å². The SMILES string of the molecule is CCNSNC(=O)c1cnn2ccc(N3CCCC3)cc12.Fc1ccc(F)cc1. The summed E-state index contributed by atoms with van der Waals surface area (Å²) in [6.07, 6.45) is 6.00. The first kappa shape index (κ1) is 21.1. The summed E-state index contributed by atoms with van der Waals surface area (Å²) >= 11 is 1.20. The first-order chi connectivity index (χ1) is 14.1. The smallest absolute Gasteiger partial charge is 0.265 e. The molecule has 1 saturated heterocycles. The van der Waals surface area contributed by atoms with Gasteiger partial charge in [0.15, 0.2) is 0 Å². The molecule has 6 nitrogen and oxygen atoms in total. The Morgan fingerprint density at radius 3 is 2.41 bits per heavy atom. The van der Waals surface area contributed by atoms with Gasteiger partial charge in [0.2, 0.25) is 0 Å². The second kappa shape index (κ2) is 10.2. The highest BCUT2D eigenvalue weighted by Crippen LogP contribution is 2.23. The van der Waals surface area contributed by atoms with E-state index in [1.165, 1.54) is 25.0 Å². The zero-order valence-corrected chi connectivity index (χ0v) is 16.9. The fourth-order valence-electron chi connectivity index (χ4n) is 2.96. The van der Waals surface area contributed by atoms with Crippen LogP contribution in [0.5, 0.6) is 0 Å². The molecule has 0 saturated carbocycles. The fraction of sp³-hybridized carbons (Fsp3) is 0.300. The lowest BCUT2D eigenvalue weighted by Crippen LogP contribution is -2.21. The molecular formula is C20H23F2N5OS. The van der Waals surface area contributed by atoms with Crippen molar-refractivity contribution in [3.63, 3.8) is 0 Å². The van der Waals surface area contributed by atoms with Crippen LogP contribution < -0.4 is 14.3 Å². The molecule has 1 aromatic carbocycles. The summed E-state index contributed by atoms with van der Waals surface area (Å²) in [5, 5.41) is 4.24. The van der Waals surface area contributed by atoms with E-state index < -0.39 is 11.6 Å². The van der Waals surface area contributed by atoms with E-state index >= 15 is 0 Å². The lowest BCUT2D eigenvalue weighted by atomic mass is 10.2. The van der Waals surface area contributed by atoms with Gasteiger partial charge in [-0.05, 0) is 49.2 Å². The van der Waals surface area contributed by atoms with Crippen LogP contribution in [0.15, 0.2) is 48.8 Å². The third-order valence-corrected chi connectivity index (χ3v) is 5.11. The number of amides is 1. The molecule has 0 atom stereocenters. The monoisotopic (exact) mass is 419 g/mol. The number of hydrogen-bond donors (Lipinski definition) is 2. The number of benzene rings is 1. The van der Waals surface area contributed by atoms with E-state index in [0.29, 0.717) is 5.56 Å². The molecule has 29 heavy (non-hydrogen) atoms. The molecule has 0 aliphatic carbocycles. The van der Waals surface area contributed by atoms with Crippen molar-refractivity contribution in [2.75, 3.05) is 24.5 Å². The van der Waals surface area contributed by atoms with Crippen molar-refractivity contribution in [3.05, 3.63) is 66.0 Å². The van der Waals surface area contributed by atoms with Crippen LogP contribution in [0.25, 0.3) is 5.52 Å². The van der Waals surface area contributed by atoms with Gasteiger partial charge in [0.1, 0.15) is 11.6 Å². The number of aromatic nitrogens is 2. The van der Waals surface area contributed by atoms with Gasteiger partial charge in [-0.2, -0.15) is 5.10 Å². The molecule has 0 unspecified atom stereocenters. The highest BCUT2D eigenvalue weighted by Gasteiger charge is 2.16. The standard InChI is InChI=1S/C14H19N5OS.C6H4F2/c1-2-16-21-17-14(20)12-10-15-19-8-5-11(9-13(12)19)18-6-3-4-7-18;7-5-1-2-6(8)4-3-5/h5,8-10,16H,2-4,6-7H2,1H3,(H,17,20);1-4H. The van der Waals surface area contributed by atoms with Gasteiger partial charge in [-0.1, -0.05) is 6.92 Å². The first-order valence-corrected chi connectivity index (χ1v) is 10.2. The van der Waals surface area contributed by atoms with E-state index in [9.17, 15) is 13.6 Å². The van der Waals surface area contributed by atoms with Crippen molar-refractivity contribution >= 4 is 29.2 Å². The highest BCUT2D eigenvalue weighted by atomic mass is 32.2. The van der Waals surface area contributed by atoms with Crippen molar-refractivity contribution in [3.8, 4) is 0 Å². The number of fused-ring (bicyclic) bond motifs is 1. The minimum atomic E-state index is -0.411. The lowest BCUT2D eigenvalue weighted by molar-refractivity contribution is 0.0985. The van der Waals surface area contributed by atoms with Crippen LogP contribution in [-0.2, 0) is 0 Å². The molecule has 0 spiro atoms. The molecule has 1 aliphatic heterocycles. The molecule has 0 radical (unpaired) electrons. The minimum absolute atomic E-state index is 0.130. The maximum Gasteiger partial charge on any atom is 0.265 e. The summed E-state index contributed by atoms with van der Waals surface area (Å²) < 4.78 is 31.3. The Kier molecular flexibility index (Phi) is 7.42. The van der Waals surface area contributed by atoms with E-state index in [0.717, 1.165) is 55.1 Å². The van der Waals surface area contributed by atoms with Gasteiger partial charge in [0.05, 0.1) is 17.3 Å². The van der Waals surface area contributed by atoms with E-state index in [-0.39, 0.29) is 5.91 Å². The van der Waals surface area contributed by atoms with Gasteiger partial charge in [0.25, 0.3) is 5.91 Å². The Labute approximate surface area is 172 Å². The van der Waals surface area contributed by atoms with Crippen molar-refractivity contribution in [1.82, 2.24) is 19.1 Å². The summed E-state index contributed by atoms with van der Waals surface area (Å²) in [4.78, 5) is 14.5. The first-order valence-electron chi connectivity index (χ1n) is 9.41. The van der Waals surface area contributed by atoms with Crippen LogP contribution >= 0.6 is 12.1 Å². The molecule has 1 amide bonds. The number of anilines is 1. The van der Waals surface area contributed by atoms with Crippen LogP contribution in [-0.4, -0.2) is 35.2 Å². The average molecular weight is 420 g/mol. The quantitative estimate of drug-likeness (QED) is 0.487. The minimum Gasteiger partial charge on any atom is -0.371 e. The molecular weight excluding hydrogens is 396 g/mol. The van der Waals surface area contributed by atoms with Crippen molar-refractivity contribution in [1.29, 1.82) is 0 Å². The van der Waals surface area contributed by atoms with Gasteiger partial charge >= 0.3 is 0 Å². The fourth-order valence-corrected chi connectivity index (χ4v) is 3.37. The van der Waals surface area contributed by atoms with Gasteiger partial charge < -0.3 is 4.90 Å². The zero-order chi connectivity index (χ0) is 20.6. The van der Waals surface area contributed by atoms with Crippen LogP contribution in [0.3, 0.4) is 0 Å². The third kappa shape index (κ3) is 5.68. The predicted molar refractivity (Wildman–Crippen MR) is 112 cm³/mol. The number of rotatable bonds is 5. The van der Waals surface area contributed by atoms with Gasteiger partial charge in [-0.15, -0.1) is 0 Å². The molecule has 3 aromatic rings. The summed E-state index contributed by atoms with van der Waals surface area (Å²) in [7, 11) is 0. The number of halogens is 2. The van der Waals surface area contributed by atoms with Crippen LogP contribution in [0, 0.1) is 11.6 Å². The molecule has 154 valence electrons. The number of nitrogens with one attached hydrogen (secondary N) is 2. The Morgan fingerprint density at radius 1 is 1.14 bits per heavy atom. The van der Waals surface area contributed by atoms with Crippen molar-refractivity contribution < 1.29 is 13.6 Å². The van der Waals surface area contributed by atoms with Crippen LogP contribution in [0.1, 0.15) is 30.1 Å². The maximum absolute atomic E-state index is 12.2. The third-order valence-electron chi connectivity index (χ3n) is 4.38. The van der Waals surface area contributed by atoms with Crippen molar-refractivity contribution in [2.45, 2.75) is 19.8 Å². The molecule has 9 heteroatoms. The Morgan fingerprint density at radius 2 is 1.79 bits per heavy atom. The predicted octanol–water partition coefficient (Wildman–Crippen LogP) is 3.80. The van der Waals surface area contributed by atoms with Gasteiger partial charge in [0, 0.05) is 43.7 Å². The zero-order valence-electron chi connectivity index (χ0n) is 16.1. The number of carbonyl (C=O) groups excluding carboxylic acids is 1. The molecule has 2 N–H and O–H groups in total. The van der Waals surface area contributed by atoms with Crippen molar-refractivity contribution in [2.24, 2.45) is 0 Å². The van der Waals surface area contributed by atoms with E-state index in [2.05, 4.69) is 25.5 Å². The summed E-state index contributed by atoms with van der Waals surface area (Å²) in [6, 6.07) is 8.42. The molecule has 4 rings (SSSR count). The summed E-state index contributed by atoms with van der Waals surface area (Å²) in [5.74, 6) is -0.952. The summed E-state index contributed by atoms with van der Waals surface area (Å²) in [6.45, 7) is 4.94. The molecule has 1 fully saturated rings. The normalized spacial score (nSPS) is 13.3. The number of nitrogens with zero attached hydrogens (tertiary/aromatic N) is 3. The largest absolute Gasteiger partial charge is 0.371 e. The average Bonchev–Trinajstić information content (AvgIpc) is 3.40. The van der Waals surface area contributed by atoms with Gasteiger partial charge in [-0.25, -0.2) is 18.0 Å². The van der Waals surface area contributed by atoms with E-state index in [1.54, 1.807) is 10.7 Å². The second-order valence-electron chi connectivity index (χ2n) is 6.43. The lowest BCUT2D eigenvalue weighted by Gasteiger charge is -2.17. The molecule has 0 bridgehead atoms. The number of hydrogen-bond acceptors (Lipinski definition) is 5. The number of carbonyl (C=O) groups is 1. The van der Waals surface area contributed by atoms with Crippen LogP contribution in [0.4, 0.5) is 14.5 Å². The second-order valence-corrected chi connectivity index (χ2v) is 7.13. The van der Waals surface area contributed by atoms with Crippen LogP contribution in [0.2, 0.25) is 0 Å². The molecule has 2 aromatic heterocycles.